The van der Waals surface area contributed by atoms with Crippen LogP contribution in [-0.4, -0.2) is 23.3 Å². The van der Waals surface area contributed by atoms with Crippen molar-refractivity contribution in [2.24, 2.45) is 0 Å². The summed E-state index contributed by atoms with van der Waals surface area (Å²) in [4.78, 5) is 13.7. The molecule has 0 aromatic carbocycles. The molecular weight excluding hydrogens is 226 g/mol. The van der Waals surface area contributed by atoms with Gasteiger partial charge in [0, 0.05) is 13.1 Å². The molecule has 1 saturated carbocycles. The molecule has 0 atom stereocenters. The van der Waals surface area contributed by atoms with Crippen molar-refractivity contribution in [2.75, 3.05) is 11.9 Å². The number of rotatable bonds is 2. The molecule has 0 amide bonds. The molecule has 1 aromatic rings. The third-order valence-electron chi connectivity index (χ3n) is 3.26. The van der Waals surface area contributed by atoms with Crippen molar-refractivity contribution in [3.63, 3.8) is 0 Å². The summed E-state index contributed by atoms with van der Waals surface area (Å²) in [6.45, 7) is 0. The minimum Gasteiger partial charge on any atom is -0.366 e. The van der Waals surface area contributed by atoms with E-state index in [0.29, 0.717) is 16.8 Å². The highest BCUT2D eigenvalue weighted by atomic mass is 35.5. The molecule has 1 heterocycles. The average molecular weight is 242 g/mol. The van der Waals surface area contributed by atoms with E-state index in [4.69, 9.17) is 11.6 Å². The summed E-state index contributed by atoms with van der Waals surface area (Å²) in [5, 5.41) is 6.53. The predicted molar refractivity (Wildman–Crippen MR) is 65.1 cm³/mol. The van der Waals surface area contributed by atoms with E-state index < -0.39 is 0 Å². The maximum Gasteiger partial charge on any atom is 0.289 e. The zero-order valence-electron chi connectivity index (χ0n) is 9.37. The van der Waals surface area contributed by atoms with Gasteiger partial charge in [0.2, 0.25) is 0 Å². The standard InChI is InChI=1S/C11H16ClN3O/c1-15(8-5-3-2-4-6-8)10-9(12)7-13-14-11(10)16/h7-8H,2-6H2,1H3,(H,14,16). The van der Waals surface area contributed by atoms with Crippen LogP contribution in [0.3, 0.4) is 0 Å². The molecule has 0 aliphatic heterocycles. The van der Waals surface area contributed by atoms with Gasteiger partial charge in [-0.2, -0.15) is 5.10 Å². The number of anilines is 1. The van der Waals surface area contributed by atoms with Crippen molar-refractivity contribution in [1.29, 1.82) is 0 Å². The van der Waals surface area contributed by atoms with E-state index in [0.717, 1.165) is 12.8 Å². The van der Waals surface area contributed by atoms with Gasteiger partial charge < -0.3 is 4.90 Å². The Kier molecular flexibility index (Phi) is 3.49. The van der Waals surface area contributed by atoms with E-state index in [2.05, 4.69) is 10.2 Å². The summed E-state index contributed by atoms with van der Waals surface area (Å²) >= 11 is 6.02. The lowest BCUT2D eigenvalue weighted by molar-refractivity contribution is 0.427. The number of nitrogens with one attached hydrogen (secondary N) is 1. The molecule has 2 rings (SSSR count). The summed E-state index contributed by atoms with van der Waals surface area (Å²) in [5.41, 5.74) is 0.337. The van der Waals surface area contributed by atoms with E-state index in [1.54, 1.807) is 0 Å². The quantitative estimate of drug-likeness (QED) is 0.864. The first-order valence-electron chi connectivity index (χ1n) is 5.66. The number of nitrogens with zero attached hydrogens (tertiary/aromatic N) is 2. The highest BCUT2D eigenvalue weighted by Crippen LogP contribution is 2.27. The second kappa shape index (κ2) is 4.87. The third-order valence-corrected chi connectivity index (χ3v) is 3.54. The van der Waals surface area contributed by atoms with E-state index >= 15 is 0 Å². The zero-order valence-corrected chi connectivity index (χ0v) is 10.1. The van der Waals surface area contributed by atoms with Crippen LogP contribution in [0.2, 0.25) is 5.02 Å². The molecule has 1 aliphatic carbocycles. The van der Waals surface area contributed by atoms with Crippen LogP contribution in [-0.2, 0) is 0 Å². The molecule has 0 radical (unpaired) electrons. The smallest absolute Gasteiger partial charge is 0.289 e. The fourth-order valence-electron chi connectivity index (χ4n) is 2.35. The van der Waals surface area contributed by atoms with Crippen LogP contribution in [0.15, 0.2) is 11.0 Å². The number of aromatic amines is 1. The van der Waals surface area contributed by atoms with Gasteiger partial charge in [0.05, 0.1) is 11.2 Å². The highest BCUT2D eigenvalue weighted by molar-refractivity contribution is 6.33. The van der Waals surface area contributed by atoms with Crippen molar-refractivity contribution in [1.82, 2.24) is 10.2 Å². The Hall–Kier alpha value is -1.03. The van der Waals surface area contributed by atoms with E-state index in [9.17, 15) is 4.79 Å². The zero-order chi connectivity index (χ0) is 11.5. The lowest BCUT2D eigenvalue weighted by Crippen LogP contribution is -2.37. The van der Waals surface area contributed by atoms with E-state index in [-0.39, 0.29) is 5.56 Å². The van der Waals surface area contributed by atoms with Crippen LogP contribution in [0.25, 0.3) is 0 Å². The lowest BCUT2D eigenvalue weighted by Gasteiger charge is -2.32. The number of halogens is 1. The molecule has 0 spiro atoms. The van der Waals surface area contributed by atoms with Gasteiger partial charge in [0.1, 0.15) is 5.69 Å². The Bertz CT molecular complexity index is 412. The molecule has 0 saturated heterocycles. The van der Waals surface area contributed by atoms with Crippen LogP contribution in [0.1, 0.15) is 32.1 Å². The Morgan fingerprint density at radius 2 is 2.12 bits per heavy atom. The number of hydrogen-bond acceptors (Lipinski definition) is 3. The van der Waals surface area contributed by atoms with Gasteiger partial charge >= 0.3 is 0 Å². The van der Waals surface area contributed by atoms with E-state index in [1.807, 2.05) is 11.9 Å². The largest absolute Gasteiger partial charge is 0.366 e. The van der Waals surface area contributed by atoms with Gasteiger partial charge in [-0.3, -0.25) is 4.79 Å². The second-order valence-corrected chi connectivity index (χ2v) is 4.71. The van der Waals surface area contributed by atoms with Crippen molar-refractivity contribution in [3.05, 3.63) is 21.6 Å². The Morgan fingerprint density at radius 1 is 1.44 bits per heavy atom. The molecule has 5 heteroatoms. The molecule has 1 N–H and O–H groups in total. The number of aromatic nitrogens is 2. The average Bonchev–Trinajstić information content (AvgIpc) is 2.30. The summed E-state index contributed by atoms with van der Waals surface area (Å²) in [6.07, 6.45) is 7.51. The Morgan fingerprint density at radius 3 is 2.75 bits per heavy atom. The SMILES string of the molecule is CN(c1c(Cl)cn[nH]c1=O)C1CCCCC1. The fourth-order valence-corrected chi connectivity index (χ4v) is 2.62. The Balaban J connectivity index is 2.25. The third kappa shape index (κ3) is 2.21. The summed E-state index contributed by atoms with van der Waals surface area (Å²) in [5.74, 6) is 0. The van der Waals surface area contributed by atoms with Crippen LogP contribution < -0.4 is 10.5 Å². The van der Waals surface area contributed by atoms with Crippen molar-refractivity contribution >= 4 is 17.3 Å². The molecular formula is C11H16ClN3O. The van der Waals surface area contributed by atoms with Gasteiger partial charge in [-0.15, -0.1) is 0 Å². The van der Waals surface area contributed by atoms with Gasteiger partial charge in [-0.25, -0.2) is 5.10 Å². The predicted octanol–water partition coefficient (Wildman–Crippen LogP) is 2.19. The first-order valence-corrected chi connectivity index (χ1v) is 6.04. The topological polar surface area (TPSA) is 49.0 Å². The summed E-state index contributed by atoms with van der Waals surface area (Å²) in [7, 11) is 1.94. The summed E-state index contributed by atoms with van der Waals surface area (Å²) < 4.78 is 0. The molecule has 0 bridgehead atoms. The van der Waals surface area contributed by atoms with Crippen molar-refractivity contribution < 1.29 is 0 Å². The minimum absolute atomic E-state index is 0.208. The van der Waals surface area contributed by atoms with Gasteiger partial charge in [-0.05, 0) is 12.8 Å². The highest BCUT2D eigenvalue weighted by Gasteiger charge is 2.21. The first kappa shape index (κ1) is 11.5. The van der Waals surface area contributed by atoms with Crippen LogP contribution >= 0.6 is 11.6 Å². The second-order valence-electron chi connectivity index (χ2n) is 4.30. The molecule has 0 unspecified atom stereocenters. The monoisotopic (exact) mass is 241 g/mol. The molecule has 1 aromatic heterocycles. The van der Waals surface area contributed by atoms with Gasteiger partial charge in [0.25, 0.3) is 5.56 Å². The molecule has 16 heavy (non-hydrogen) atoms. The van der Waals surface area contributed by atoms with Crippen molar-refractivity contribution in [3.8, 4) is 0 Å². The molecule has 4 nitrogen and oxygen atoms in total. The minimum atomic E-state index is -0.208. The maximum absolute atomic E-state index is 11.7. The van der Waals surface area contributed by atoms with Crippen LogP contribution in [0, 0.1) is 0 Å². The van der Waals surface area contributed by atoms with Gasteiger partial charge in [0.15, 0.2) is 0 Å². The first-order chi connectivity index (χ1) is 7.70. The van der Waals surface area contributed by atoms with Crippen LogP contribution in [0.4, 0.5) is 5.69 Å². The maximum atomic E-state index is 11.7. The van der Waals surface area contributed by atoms with Crippen molar-refractivity contribution in [2.45, 2.75) is 38.1 Å². The molecule has 1 aliphatic rings. The fraction of sp³-hybridized carbons (Fsp3) is 0.636. The number of hydrogen-bond donors (Lipinski definition) is 1. The molecule has 1 fully saturated rings. The van der Waals surface area contributed by atoms with E-state index in [1.165, 1.54) is 25.5 Å². The summed E-state index contributed by atoms with van der Waals surface area (Å²) in [6, 6.07) is 0.426. The lowest BCUT2D eigenvalue weighted by atomic mass is 9.94. The van der Waals surface area contributed by atoms with Gasteiger partial charge in [-0.1, -0.05) is 30.9 Å². The normalized spacial score (nSPS) is 17.4. The molecule has 88 valence electrons. The number of H-pyrrole nitrogens is 1. The van der Waals surface area contributed by atoms with Crippen LogP contribution in [0.5, 0.6) is 0 Å². The Labute approximate surface area is 99.6 Å².